The highest BCUT2D eigenvalue weighted by atomic mass is 16.6. The zero-order valence-corrected chi connectivity index (χ0v) is 22.6. The second kappa shape index (κ2) is 12.6. The third-order valence-electron chi connectivity index (χ3n) is 7.14. The first kappa shape index (κ1) is 28.5. The number of aryl methyl sites for hydroxylation is 1. The van der Waals surface area contributed by atoms with Gasteiger partial charge >= 0.3 is 5.97 Å². The van der Waals surface area contributed by atoms with Gasteiger partial charge in [-0.3, -0.25) is 28.9 Å². The third kappa shape index (κ3) is 6.47. The largest absolute Gasteiger partial charge is 0.434 e. The van der Waals surface area contributed by atoms with Gasteiger partial charge in [0.15, 0.2) is 0 Å². The van der Waals surface area contributed by atoms with Crippen molar-refractivity contribution in [1.29, 1.82) is 0 Å². The van der Waals surface area contributed by atoms with Gasteiger partial charge in [-0.1, -0.05) is 60.7 Å². The first-order valence-electron chi connectivity index (χ1n) is 13.6. The zero-order chi connectivity index (χ0) is 29.6. The standard InChI is InChI=1S/C31H30N4O7/c36-26(32-22-17-28(38)42-31(22)41)19-35-25-14-8-7-13-24(25)34(27(37)16-15-20-9-3-1-4-10-20)18-23(30(35)40)33-29(39)21-11-5-2-6-12-21/h1-14,22-23,31,41H,15-19H2,(H,32,36)(H,33,39)/t22-,23-,31?/m0/s1. The summed E-state index contributed by atoms with van der Waals surface area (Å²) in [5, 5.41) is 15.2. The van der Waals surface area contributed by atoms with Crippen molar-refractivity contribution in [2.24, 2.45) is 0 Å². The summed E-state index contributed by atoms with van der Waals surface area (Å²) >= 11 is 0. The molecule has 3 aromatic carbocycles. The van der Waals surface area contributed by atoms with Crippen LogP contribution >= 0.6 is 0 Å². The number of carbonyl (C=O) groups is 5. The molecule has 0 bridgehead atoms. The van der Waals surface area contributed by atoms with E-state index in [4.69, 9.17) is 0 Å². The number of benzene rings is 3. The number of carbonyl (C=O) groups excluding carboxylic acids is 5. The molecular weight excluding hydrogens is 540 g/mol. The van der Waals surface area contributed by atoms with Crippen LogP contribution in [0.1, 0.15) is 28.8 Å². The number of aliphatic hydroxyl groups is 1. The number of nitrogens with zero attached hydrogens (tertiary/aromatic N) is 2. The molecule has 2 aliphatic rings. The van der Waals surface area contributed by atoms with Crippen LogP contribution in [-0.4, -0.2) is 66.2 Å². The van der Waals surface area contributed by atoms with E-state index in [9.17, 15) is 29.1 Å². The Balaban J connectivity index is 1.44. The fourth-order valence-corrected chi connectivity index (χ4v) is 5.02. The quantitative estimate of drug-likeness (QED) is 0.349. The first-order chi connectivity index (χ1) is 20.3. The molecule has 3 N–H and O–H groups in total. The zero-order valence-electron chi connectivity index (χ0n) is 22.6. The lowest BCUT2D eigenvalue weighted by Crippen LogP contribution is -2.55. The van der Waals surface area contributed by atoms with Crippen molar-refractivity contribution in [2.45, 2.75) is 37.6 Å². The SMILES string of the molecule is O=C(CN1C(=O)[C@@H](NC(=O)c2ccccc2)CN(C(=O)CCc2ccccc2)c2ccccc21)N[C@H]1CC(=O)OC1O. The highest BCUT2D eigenvalue weighted by molar-refractivity contribution is 6.11. The molecule has 216 valence electrons. The van der Waals surface area contributed by atoms with E-state index < -0.39 is 48.6 Å². The van der Waals surface area contributed by atoms with E-state index in [1.807, 2.05) is 30.3 Å². The summed E-state index contributed by atoms with van der Waals surface area (Å²) in [6.07, 6.45) is -1.08. The van der Waals surface area contributed by atoms with E-state index in [1.165, 1.54) is 9.80 Å². The van der Waals surface area contributed by atoms with Crippen LogP contribution < -0.4 is 20.4 Å². The van der Waals surface area contributed by atoms with E-state index in [1.54, 1.807) is 54.6 Å². The molecular formula is C31H30N4O7. The first-order valence-corrected chi connectivity index (χ1v) is 13.6. The second-order valence-corrected chi connectivity index (χ2v) is 10.1. The Bertz CT molecular complexity index is 1480. The van der Waals surface area contributed by atoms with Crippen LogP contribution in [0.25, 0.3) is 0 Å². The molecule has 4 amide bonds. The van der Waals surface area contributed by atoms with Gasteiger partial charge in [0.2, 0.25) is 18.1 Å². The number of amides is 4. The maximum Gasteiger partial charge on any atom is 0.310 e. The summed E-state index contributed by atoms with van der Waals surface area (Å²) in [7, 11) is 0. The number of nitrogens with one attached hydrogen (secondary N) is 2. The van der Waals surface area contributed by atoms with Crippen LogP contribution in [0.15, 0.2) is 84.9 Å². The number of hydrogen-bond acceptors (Lipinski definition) is 7. The number of fused-ring (bicyclic) bond motifs is 1. The molecule has 3 aromatic rings. The van der Waals surface area contributed by atoms with E-state index in [0.29, 0.717) is 23.4 Å². The normalized spacial score (nSPS) is 19.9. The number of hydrogen-bond donors (Lipinski definition) is 3. The number of esters is 1. The van der Waals surface area contributed by atoms with Crippen molar-refractivity contribution >= 4 is 41.0 Å². The lowest BCUT2D eigenvalue weighted by atomic mass is 10.1. The van der Waals surface area contributed by atoms with Crippen molar-refractivity contribution in [3.8, 4) is 0 Å². The molecule has 11 heteroatoms. The minimum atomic E-state index is -1.50. The maximum atomic E-state index is 14.0. The summed E-state index contributed by atoms with van der Waals surface area (Å²) in [6.45, 7) is -0.638. The number of ether oxygens (including phenoxy) is 1. The summed E-state index contributed by atoms with van der Waals surface area (Å²) in [4.78, 5) is 68.0. The van der Waals surface area contributed by atoms with Gasteiger partial charge in [0.1, 0.15) is 18.6 Å². The van der Waals surface area contributed by atoms with Gasteiger partial charge in [-0.15, -0.1) is 0 Å². The van der Waals surface area contributed by atoms with Gasteiger partial charge in [-0.2, -0.15) is 0 Å². The molecule has 0 aliphatic carbocycles. The van der Waals surface area contributed by atoms with E-state index in [-0.39, 0.29) is 25.3 Å². The Morgan fingerprint density at radius 2 is 1.50 bits per heavy atom. The molecule has 11 nitrogen and oxygen atoms in total. The predicted octanol–water partition coefficient (Wildman–Crippen LogP) is 1.55. The number of anilines is 2. The third-order valence-corrected chi connectivity index (χ3v) is 7.14. The van der Waals surface area contributed by atoms with Crippen LogP contribution in [0.3, 0.4) is 0 Å². The molecule has 3 atom stereocenters. The summed E-state index contributed by atoms with van der Waals surface area (Å²) in [5.74, 6) is -2.67. The predicted molar refractivity (Wildman–Crippen MR) is 152 cm³/mol. The highest BCUT2D eigenvalue weighted by Crippen LogP contribution is 2.33. The van der Waals surface area contributed by atoms with Crippen molar-refractivity contribution in [1.82, 2.24) is 10.6 Å². The number of aliphatic hydroxyl groups excluding tert-OH is 1. The number of rotatable bonds is 8. The molecule has 1 saturated heterocycles. The molecule has 0 aromatic heterocycles. The molecule has 0 radical (unpaired) electrons. The average molecular weight is 571 g/mol. The maximum absolute atomic E-state index is 14.0. The smallest absolute Gasteiger partial charge is 0.310 e. The van der Waals surface area contributed by atoms with Gasteiger partial charge < -0.3 is 25.4 Å². The molecule has 1 unspecified atom stereocenters. The van der Waals surface area contributed by atoms with Gasteiger partial charge in [0.25, 0.3) is 11.8 Å². The Morgan fingerprint density at radius 3 is 2.17 bits per heavy atom. The van der Waals surface area contributed by atoms with Crippen molar-refractivity contribution in [3.63, 3.8) is 0 Å². The second-order valence-electron chi connectivity index (χ2n) is 10.1. The minimum absolute atomic E-state index is 0.149. The topological polar surface area (TPSA) is 145 Å². The minimum Gasteiger partial charge on any atom is -0.434 e. The summed E-state index contributed by atoms with van der Waals surface area (Å²) in [6, 6.07) is 22.5. The molecule has 2 heterocycles. The van der Waals surface area contributed by atoms with Crippen molar-refractivity contribution < 1.29 is 33.8 Å². The van der Waals surface area contributed by atoms with E-state index in [2.05, 4.69) is 15.4 Å². The van der Waals surface area contributed by atoms with Gasteiger partial charge in [0.05, 0.1) is 24.3 Å². The van der Waals surface area contributed by atoms with Crippen molar-refractivity contribution in [2.75, 3.05) is 22.9 Å². The van der Waals surface area contributed by atoms with E-state index in [0.717, 1.165) is 5.56 Å². The lowest BCUT2D eigenvalue weighted by molar-refractivity contribution is -0.155. The van der Waals surface area contributed by atoms with Gasteiger partial charge in [0, 0.05) is 12.0 Å². The van der Waals surface area contributed by atoms with Gasteiger partial charge in [-0.05, 0) is 36.2 Å². The van der Waals surface area contributed by atoms with Crippen LogP contribution in [0.4, 0.5) is 11.4 Å². The fourth-order valence-electron chi connectivity index (χ4n) is 5.02. The Hall–Kier alpha value is -5.03. The number of para-hydroxylation sites is 2. The molecule has 0 saturated carbocycles. The van der Waals surface area contributed by atoms with Crippen LogP contribution in [0, 0.1) is 0 Å². The Labute approximate surface area is 242 Å². The van der Waals surface area contributed by atoms with Crippen LogP contribution in [0.2, 0.25) is 0 Å². The summed E-state index contributed by atoms with van der Waals surface area (Å²) in [5.41, 5.74) is 2.03. The number of cyclic esters (lactones) is 1. The lowest BCUT2D eigenvalue weighted by Gasteiger charge is -2.26. The van der Waals surface area contributed by atoms with Gasteiger partial charge in [-0.25, -0.2) is 0 Å². The monoisotopic (exact) mass is 570 g/mol. The van der Waals surface area contributed by atoms with Crippen molar-refractivity contribution in [3.05, 3.63) is 96.1 Å². The van der Waals surface area contributed by atoms with Crippen LogP contribution in [-0.2, 0) is 30.3 Å². The Kier molecular flexibility index (Phi) is 8.58. The molecule has 2 aliphatic heterocycles. The fraction of sp³-hybridized carbons (Fsp3) is 0.258. The molecule has 5 rings (SSSR count). The van der Waals surface area contributed by atoms with Crippen LogP contribution in [0.5, 0.6) is 0 Å². The van der Waals surface area contributed by atoms with E-state index >= 15 is 0 Å². The molecule has 1 fully saturated rings. The Morgan fingerprint density at radius 1 is 0.857 bits per heavy atom. The molecule has 0 spiro atoms. The average Bonchev–Trinajstić information content (AvgIpc) is 3.27. The summed E-state index contributed by atoms with van der Waals surface area (Å²) < 4.78 is 4.69. The highest BCUT2D eigenvalue weighted by Gasteiger charge is 2.39. The molecule has 42 heavy (non-hydrogen) atoms.